The standard InChI is InChI=1S/C22H49B12O2S/c1-2-3-4-5-9-12-19-37(30-33(28)29-23,34(31(24)25)32(26)27)20-13-10-7-6-8-11-18-36-22-16-14-21(35)15-17-22/h14-17,23,29H,2-13,18-20,24-28H2,1H3/q-1/p+1/i23-1,24-1,25-1,26-1,27-1,28-1,29-1,30-1,31-1,32-1,33-1,34-1. The van der Waals surface area contributed by atoms with Crippen LogP contribution in [0, 0.1) is 0 Å². The van der Waals surface area contributed by atoms with Crippen LogP contribution in [0.3, 0.4) is 0 Å². The van der Waals surface area contributed by atoms with Gasteiger partial charge < -0.3 is 5.11 Å². The Morgan fingerprint density at radius 3 is 1.78 bits per heavy atom. The molecule has 0 aliphatic carbocycles. The van der Waals surface area contributed by atoms with Crippen LogP contribution in [0.2, 0.25) is 0 Å². The van der Waals surface area contributed by atoms with Crippen molar-refractivity contribution in [3.8, 4) is 11.5 Å². The molecule has 2 radical (unpaired) electrons. The molecule has 0 aliphatic heterocycles. The summed E-state index contributed by atoms with van der Waals surface area (Å²) in [5.74, 6) is 4.84. The van der Waals surface area contributed by atoms with E-state index in [2.05, 4.69) is 59.4 Å². The Hall–Kier alpha value is -0.0508. The van der Waals surface area contributed by atoms with Crippen molar-refractivity contribution in [3.63, 3.8) is 0 Å². The number of benzene rings is 1. The molecule has 0 bridgehead atoms. The summed E-state index contributed by atoms with van der Waals surface area (Å²) < 4.78 is 5.80. The van der Waals surface area contributed by atoms with E-state index in [9.17, 15) is 5.11 Å². The molecule has 0 aliphatic rings. The van der Waals surface area contributed by atoms with Gasteiger partial charge in [-0.2, -0.15) is 0 Å². The predicted molar refractivity (Wildman–Crippen MR) is 198 cm³/mol. The van der Waals surface area contributed by atoms with Crippen LogP contribution in [0.15, 0.2) is 24.3 Å². The minimum atomic E-state index is -0.778. The third kappa shape index (κ3) is 14.8. The Balaban J connectivity index is 2.63. The van der Waals surface area contributed by atoms with Crippen molar-refractivity contribution in [3.05, 3.63) is 24.3 Å². The second kappa shape index (κ2) is 20.8. The Morgan fingerprint density at radius 1 is 0.811 bits per heavy atom. The Morgan fingerprint density at radius 2 is 1.30 bits per heavy atom. The number of rotatable bonds is 22. The zero-order valence-corrected chi connectivity index (χ0v) is 26.3. The number of hydrogen-bond acceptors (Lipinski definition) is 2. The van der Waals surface area contributed by atoms with E-state index in [1.807, 2.05) is 12.1 Å². The molecule has 0 spiro atoms. The summed E-state index contributed by atoms with van der Waals surface area (Å²) in [5.41, 5.74) is 0. The predicted octanol–water partition coefficient (Wildman–Crippen LogP) is -1.23. The minimum absolute atomic E-state index is 0.289. The summed E-state index contributed by atoms with van der Waals surface area (Å²) in [6, 6.07) is 9.90. The van der Waals surface area contributed by atoms with Crippen molar-refractivity contribution in [2.45, 2.75) is 84.0 Å². The first-order valence-corrected chi connectivity index (χ1v) is 17.7. The number of hydrogen-bond donors (Lipinski definition) is 1. The zero-order valence-electron chi connectivity index (χ0n) is 25.5. The normalized spacial score (nSPS) is 12.3. The number of ether oxygens (including phenoxy) is 1. The monoisotopic (exact) mass is 499 g/mol. The fourth-order valence-electron chi connectivity index (χ4n) is 6.05. The quantitative estimate of drug-likeness (QED) is 0.123. The van der Waals surface area contributed by atoms with Crippen molar-refractivity contribution < 1.29 is 9.84 Å². The Labute approximate surface area is 240 Å². The van der Waals surface area contributed by atoms with E-state index in [4.69, 9.17) is 4.74 Å². The summed E-state index contributed by atoms with van der Waals surface area (Å²) in [7, 11) is 16.9. The molecule has 1 aromatic rings. The van der Waals surface area contributed by atoms with Gasteiger partial charge in [0.2, 0.25) is 0 Å². The van der Waals surface area contributed by atoms with Crippen molar-refractivity contribution in [1.82, 2.24) is 0 Å². The van der Waals surface area contributed by atoms with Crippen LogP contribution in [-0.4, -0.2) is 108 Å². The van der Waals surface area contributed by atoms with Gasteiger partial charge in [0.15, 0.2) is 0 Å². The molecule has 0 saturated carbocycles. The molecule has 192 valence electrons. The molecule has 2 nitrogen and oxygen atoms in total. The van der Waals surface area contributed by atoms with Crippen molar-refractivity contribution >= 4 is 93.8 Å². The van der Waals surface area contributed by atoms with Crippen LogP contribution in [-0.2, 0) is 9.31 Å². The van der Waals surface area contributed by atoms with Gasteiger partial charge in [-0.1, -0.05) is 0 Å². The average molecular weight is 499 g/mol. The molecule has 1 N–H and O–H groups in total. The van der Waals surface area contributed by atoms with Gasteiger partial charge in [-0.25, -0.2) is 0 Å². The van der Waals surface area contributed by atoms with E-state index in [0.717, 1.165) is 44.4 Å². The number of phenolic OH excluding ortho intramolecular Hbond substituents is 1. The van der Waals surface area contributed by atoms with Crippen LogP contribution in [0.1, 0.15) is 84.0 Å². The molecular weight excluding hydrogens is 448 g/mol. The molecule has 1 aromatic carbocycles. The average Bonchev–Trinajstić information content (AvgIpc) is 2.85. The molecule has 0 fully saturated rings. The van der Waals surface area contributed by atoms with E-state index >= 15 is 0 Å². The van der Waals surface area contributed by atoms with Crippen LogP contribution in [0.25, 0.3) is 0 Å². The maximum absolute atomic E-state index is 9.38. The van der Waals surface area contributed by atoms with E-state index in [0.29, 0.717) is 6.39 Å². The van der Waals surface area contributed by atoms with Crippen molar-refractivity contribution in [2.24, 2.45) is 0 Å². The maximum atomic E-state index is 9.38. The van der Waals surface area contributed by atoms with Crippen molar-refractivity contribution in [1.29, 1.82) is 0 Å². The first-order chi connectivity index (χ1) is 17.8. The van der Waals surface area contributed by atoms with Gasteiger partial charge in [0.1, 0.15) is 5.75 Å². The molecule has 0 aromatic heterocycles. The molecule has 0 heterocycles. The van der Waals surface area contributed by atoms with Crippen molar-refractivity contribution in [2.75, 3.05) is 18.1 Å². The zero-order chi connectivity index (χ0) is 27.5. The van der Waals surface area contributed by atoms with E-state index in [1.54, 1.807) is 12.1 Å². The third-order valence-corrected chi connectivity index (χ3v) is 13.0. The SMILES string of the molecule is [10BH-][10BH][10B]([10BH2])[10B]=[S+](CCCCCCCC)(CCCCCCCCOc1ccc(O)cc1)[10B]([10B]([10BH2])[10BH2])[10B]([10BH2])[10BH2]. The summed E-state index contributed by atoms with van der Waals surface area (Å²) in [6.07, 6.45) is 18.2. The van der Waals surface area contributed by atoms with Crippen LogP contribution >= 0.6 is 0 Å². The van der Waals surface area contributed by atoms with Gasteiger partial charge >= 0.3 is 218 Å². The van der Waals surface area contributed by atoms with Gasteiger partial charge in [-0.3, -0.25) is 0 Å². The van der Waals surface area contributed by atoms with Gasteiger partial charge in [0.05, 0.1) is 0 Å². The number of phenols is 1. The topological polar surface area (TPSA) is 29.5 Å². The summed E-state index contributed by atoms with van der Waals surface area (Å²) in [6.45, 7) is 3.07. The van der Waals surface area contributed by atoms with E-state index in [1.165, 1.54) is 82.1 Å². The van der Waals surface area contributed by atoms with Gasteiger partial charge in [-0.15, -0.1) is 0 Å². The molecule has 0 amide bonds. The fraction of sp³-hybridized carbons (Fsp3) is 0.727. The van der Waals surface area contributed by atoms with Gasteiger partial charge in [-0.05, 0) is 12.1 Å². The third-order valence-electron chi connectivity index (χ3n) is 7.72. The molecule has 1 rings (SSSR count). The second-order valence-corrected chi connectivity index (χ2v) is 15.6. The number of aromatic hydroxyl groups is 1. The van der Waals surface area contributed by atoms with Crippen LogP contribution in [0.4, 0.5) is 0 Å². The molecule has 0 saturated heterocycles. The fourth-order valence-corrected chi connectivity index (χ4v) is 12.0. The molecule has 15 heteroatoms. The number of unbranched alkanes of at least 4 members (excludes halogenated alkanes) is 10. The van der Waals surface area contributed by atoms with Crippen LogP contribution < -0.4 is 4.74 Å². The Bertz CT molecular complexity index is 746. The first-order valence-electron chi connectivity index (χ1n) is 15.6. The van der Waals surface area contributed by atoms with Crippen LogP contribution in [0.5, 0.6) is 11.5 Å². The summed E-state index contributed by atoms with van der Waals surface area (Å²) in [5, 5.41) is 9.38. The molecule has 1 atom stereocenters. The summed E-state index contributed by atoms with van der Waals surface area (Å²) in [4.78, 5) is 0. The van der Waals surface area contributed by atoms with Gasteiger partial charge in [0.25, 0.3) is 0 Å². The first kappa shape index (κ1) is 35.0. The van der Waals surface area contributed by atoms with Gasteiger partial charge in [0, 0.05) is 0 Å². The van der Waals surface area contributed by atoms with E-state index in [-0.39, 0.29) is 5.75 Å². The van der Waals surface area contributed by atoms with E-state index < -0.39 is 9.31 Å². The Kier molecular flexibility index (Phi) is 19.7. The summed E-state index contributed by atoms with van der Waals surface area (Å²) >= 11 is 0. The molecule has 1 unspecified atom stereocenters. The molecular formula is C22H50B12O2S. The molecule has 37 heavy (non-hydrogen) atoms. The second-order valence-electron chi connectivity index (χ2n) is 12.0.